The molecule has 0 unspecified atom stereocenters. The lowest BCUT2D eigenvalue weighted by atomic mass is 10.1. The summed E-state index contributed by atoms with van der Waals surface area (Å²) in [6, 6.07) is 8.25. The van der Waals surface area contributed by atoms with Crippen molar-refractivity contribution in [2.75, 3.05) is 45.5 Å². The maximum atomic E-state index is 5.79. The summed E-state index contributed by atoms with van der Waals surface area (Å²) >= 11 is 0. The van der Waals surface area contributed by atoms with Crippen LogP contribution in [0.2, 0.25) is 0 Å². The summed E-state index contributed by atoms with van der Waals surface area (Å²) < 4.78 is 0. The second-order valence-electron chi connectivity index (χ2n) is 4.99. The Morgan fingerprint density at radius 1 is 1.18 bits per heavy atom. The van der Waals surface area contributed by atoms with E-state index in [-0.39, 0.29) is 0 Å². The number of hydrogen-bond donors (Lipinski definition) is 1. The third kappa shape index (κ3) is 4.02. The van der Waals surface area contributed by atoms with Crippen LogP contribution in [0.5, 0.6) is 0 Å². The zero-order valence-electron chi connectivity index (χ0n) is 10.7. The predicted molar refractivity (Wildman–Crippen MR) is 73.1 cm³/mol. The number of benzene rings is 1. The van der Waals surface area contributed by atoms with Crippen LogP contribution in [-0.2, 0) is 6.42 Å². The first-order valence-corrected chi connectivity index (χ1v) is 6.49. The lowest BCUT2D eigenvalue weighted by Crippen LogP contribution is -2.30. The van der Waals surface area contributed by atoms with Gasteiger partial charge in [0.25, 0.3) is 0 Å². The molecule has 1 aliphatic rings. The molecule has 94 valence electrons. The van der Waals surface area contributed by atoms with Gasteiger partial charge < -0.3 is 15.5 Å². The van der Waals surface area contributed by atoms with Gasteiger partial charge in [0.15, 0.2) is 0 Å². The monoisotopic (exact) mass is 233 g/mol. The summed E-state index contributed by atoms with van der Waals surface area (Å²) in [5.74, 6) is 0. The SMILES string of the molecule is CN1CCCN(CCc2cccc(N)c2)CC1. The molecule has 0 bridgehead atoms. The van der Waals surface area contributed by atoms with Crippen molar-refractivity contribution in [1.29, 1.82) is 0 Å². The Kier molecular flexibility index (Phi) is 4.40. The molecule has 2 rings (SSSR count). The maximum absolute atomic E-state index is 5.79. The van der Waals surface area contributed by atoms with Gasteiger partial charge in [0.05, 0.1) is 0 Å². The molecule has 1 saturated heterocycles. The van der Waals surface area contributed by atoms with Crippen LogP contribution in [0, 0.1) is 0 Å². The van der Waals surface area contributed by atoms with Gasteiger partial charge in [-0.1, -0.05) is 12.1 Å². The van der Waals surface area contributed by atoms with Crippen molar-refractivity contribution < 1.29 is 0 Å². The summed E-state index contributed by atoms with van der Waals surface area (Å²) in [6.45, 7) is 5.99. The van der Waals surface area contributed by atoms with Gasteiger partial charge >= 0.3 is 0 Å². The number of nitrogens with two attached hydrogens (primary N) is 1. The Balaban J connectivity index is 1.81. The zero-order chi connectivity index (χ0) is 12.1. The third-order valence-electron chi connectivity index (χ3n) is 3.48. The van der Waals surface area contributed by atoms with Crippen molar-refractivity contribution in [2.24, 2.45) is 0 Å². The molecule has 0 aromatic heterocycles. The number of likely N-dealkylation sites (N-methyl/N-ethyl adjacent to an activating group) is 1. The molecule has 1 aromatic rings. The van der Waals surface area contributed by atoms with Crippen molar-refractivity contribution in [3.05, 3.63) is 29.8 Å². The number of nitrogens with zero attached hydrogens (tertiary/aromatic N) is 2. The molecule has 1 aromatic carbocycles. The fraction of sp³-hybridized carbons (Fsp3) is 0.571. The van der Waals surface area contributed by atoms with Gasteiger partial charge in [0.2, 0.25) is 0 Å². The van der Waals surface area contributed by atoms with E-state index in [1.807, 2.05) is 12.1 Å². The fourth-order valence-electron chi connectivity index (χ4n) is 2.36. The van der Waals surface area contributed by atoms with E-state index in [0.717, 1.165) is 18.7 Å². The van der Waals surface area contributed by atoms with E-state index in [1.54, 1.807) is 0 Å². The van der Waals surface area contributed by atoms with E-state index in [9.17, 15) is 0 Å². The molecule has 1 heterocycles. The van der Waals surface area contributed by atoms with Crippen LogP contribution in [0.15, 0.2) is 24.3 Å². The van der Waals surface area contributed by atoms with Gasteiger partial charge in [-0.15, -0.1) is 0 Å². The normalized spacial score (nSPS) is 19.1. The molecule has 0 spiro atoms. The number of anilines is 1. The molecule has 0 amide bonds. The van der Waals surface area contributed by atoms with Crippen molar-refractivity contribution in [1.82, 2.24) is 9.80 Å². The Labute approximate surface area is 104 Å². The molecule has 2 N–H and O–H groups in total. The highest BCUT2D eigenvalue weighted by Crippen LogP contribution is 2.09. The van der Waals surface area contributed by atoms with Crippen LogP contribution in [0.3, 0.4) is 0 Å². The molecule has 0 atom stereocenters. The first kappa shape index (κ1) is 12.4. The lowest BCUT2D eigenvalue weighted by Gasteiger charge is -2.19. The van der Waals surface area contributed by atoms with Crippen molar-refractivity contribution in [2.45, 2.75) is 12.8 Å². The molecule has 3 heteroatoms. The van der Waals surface area contributed by atoms with E-state index in [0.29, 0.717) is 0 Å². The molecule has 3 nitrogen and oxygen atoms in total. The second-order valence-corrected chi connectivity index (χ2v) is 4.99. The highest BCUT2D eigenvalue weighted by atomic mass is 15.2. The number of hydrogen-bond acceptors (Lipinski definition) is 3. The summed E-state index contributed by atoms with van der Waals surface area (Å²) in [5.41, 5.74) is 8.01. The fourth-order valence-corrected chi connectivity index (χ4v) is 2.36. The van der Waals surface area contributed by atoms with Crippen molar-refractivity contribution >= 4 is 5.69 Å². The highest BCUT2D eigenvalue weighted by Gasteiger charge is 2.11. The van der Waals surface area contributed by atoms with Crippen LogP contribution >= 0.6 is 0 Å². The summed E-state index contributed by atoms with van der Waals surface area (Å²) in [5, 5.41) is 0. The van der Waals surface area contributed by atoms with E-state index >= 15 is 0 Å². The maximum Gasteiger partial charge on any atom is 0.0316 e. The zero-order valence-corrected chi connectivity index (χ0v) is 10.7. The minimum atomic E-state index is 0.873. The average molecular weight is 233 g/mol. The lowest BCUT2D eigenvalue weighted by molar-refractivity contribution is 0.279. The highest BCUT2D eigenvalue weighted by molar-refractivity contribution is 5.40. The Bertz CT molecular complexity index is 351. The van der Waals surface area contributed by atoms with Crippen LogP contribution in [0.4, 0.5) is 5.69 Å². The predicted octanol–water partition coefficient (Wildman–Crippen LogP) is 1.45. The Morgan fingerprint density at radius 2 is 2.06 bits per heavy atom. The minimum Gasteiger partial charge on any atom is -0.399 e. The molecule has 0 radical (unpaired) electrons. The molecule has 0 saturated carbocycles. The molecule has 1 fully saturated rings. The smallest absolute Gasteiger partial charge is 0.0316 e. The van der Waals surface area contributed by atoms with Crippen LogP contribution in [-0.4, -0.2) is 49.6 Å². The van der Waals surface area contributed by atoms with Gasteiger partial charge in [0, 0.05) is 25.3 Å². The number of nitrogen functional groups attached to an aromatic ring is 1. The molecule has 17 heavy (non-hydrogen) atoms. The van der Waals surface area contributed by atoms with Crippen LogP contribution in [0.1, 0.15) is 12.0 Å². The van der Waals surface area contributed by atoms with Gasteiger partial charge in [-0.05, 0) is 50.7 Å². The van der Waals surface area contributed by atoms with E-state index in [1.165, 1.54) is 38.2 Å². The summed E-state index contributed by atoms with van der Waals surface area (Å²) in [4.78, 5) is 4.98. The molecular formula is C14H23N3. The second kappa shape index (κ2) is 6.03. The van der Waals surface area contributed by atoms with Crippen molar-refractivity contribution in [3.63, 3.8) is 0 Å². The number of rotatable bonds is 3. The minimum absolute atomic E-state index is 0.873. The van der Waals surface area contributed by atoms with E-state index in [4.69, 9.17) is 5.73 Å². The van der Waals surface area contributed by atoms with Gasteiger partial charge in [-0.2, -0.15) is 0 Å². The molecule has 1 aliphatic heterocycles. The standard InChI is InChI=1S/C14H23N3/c1-16-7-3-8-17(11-10-16)9-6-13-4-2-5-14(15)12-13/h2,4-5,12H,3,6-11,15H2,1H3. The van der Waals surface area contributed by atoms with Gasteiger partial charge in [-0.25, -0.2) is 0 Å². The molecule has 0 aliphatic carbocycles. The quantitative estimate of drug-likeness (QED) is 0.802. The molecular weight excluding hydrogens is 210 g/mol. The first-order valence-electron chi connectivity index (χ1n) is 6.49. The summed E-state index contributed by atoms with van der Waals surface area (Å²) in [6.07, 6.45) is 2.39. The van der Waals surface area contributed by atoms with Crippen LogP contribution < -0.4 is 5.73 Å². The summed E-state index contributed by atoms with van der Waals surface area (Å²) in [7, 11) is 2.21. The Morgan fingerprint density at radius 3 is 2.88 bits per heavy atom. The van der Waals surface area contributed by atoms with Crippen LogP contribution in [0.25, 0.3) is 0 Å². The average Bonchev–Trinajstić information content (AvgIpc) is 2.52. The van der Waals surface area contributed by atoms with E-state index < -0.39 is 0 Å². The first-order chi connectivity index (χ1) is 8.24. The Hall–Kier alpha value is -1.06. The largest absolute Gasteiger partial charge is 0.399 e. The topological polar surface area (TPSA) is 32.5 Å². The van der Waals surface area contributed by atoms with Gasteiger partial charge in [-0.3, -0.25) is 0 Å². The van der Waals surface area contributed by atoms with Crippen molar-refractivity contribution in [3.8, 4) is 0 Å². The van der Waals surface area contributed by atoms with Gasteiger partial charge in [0.1, 0.15) is 0 Å². The van der Waals surface area contributed by atoms with E-state index in [2.05, 4.69) is 29.0 Å². The third-order valence-corrected chi connectivity index (χ3v) is 3.48.